The lowest BCUT2D eigenvalue weighted by Gasteiger charge is -2.45. The number of nitrogens with one attached hydrogen (secondary N) is 2. The molecular weight excluding hydrogens is 922 g/mol. The number of fused-ring (bicyclic) bond motifs is 2. The molecule has 1 aromatic heterocycles. The van der Waals surface area contributed by atoms with Gasteiger partial charge in [-0.25, -0.2) is 4.98 Å². The maximum Gasteiger partial charge on any atom is 0.416 e. The number of halogens is 5. The first-order valence-corrected chi connectivity index (χ1v) is 23.0. The van der Waals surface area contributed by atoms with Crippen LogP contribution in [0.2, 0.25) is 10.0 Å². The highest BCUT2D eigenvalue weighted by molar-refractivity contribution is 6.31. The van der Waals surface area contributed by atoms with E-state index in [9.17, 15) is 37.5 Å². The molecule has 5 aromatic rings. The molecule has 0 aliphatic carbocycles. The smallest absolute Gasteiger partial charge is 0.416 e. The Labute approximate surface area is 403 Å². The highest BCUT2D eigenvalue weighted by Gasteiger charge is 2.43. The van der Waals surface area contributed by atoms with Crippen molar-refractivity contribution in [2.45, 2.75) is 75.9 Å². The summed E-state index contributed by atoms with van der Waals surface area (Å²) in [6.45, 7) is 1.42. The highest BCUT2D eigenvalue weighted by atomic mass is 35.5. The number of ether oxygens (including phenoxy) is 1. The van der Waals surface area contributed by atoms with Gasteiger partial charge in [-0.05, 0) is 118 Å². The number of hydrogen-bond acceptors (Lipinski definition) is 8. The summed E-state index contributed by atoms with van der Waals surface area (Å²) in [4.78, 5) is 67.6. The summed E-state index contributed by atoms with van der Waals surface area (Å²) >= 11 is 12.7. The summed E-state index contributed by atoms with van der Waals surface area (Å²) in [7, 11) is 5.88. The van der Waals surface area contributed by atoms with Crippen molar-refractivity contribution in [2.24, 2.45) is 13.0 Å². The van der Waals surface area contributed by atoms with Gasteiger partial charge in [-0.1, -0.05) is 53.5 Å². The van der Waals surface area contributed by atoms with Gasteiger partial charge in [0.25, 0.3) is 0 Å². The number of carbonyl (C=O) groups excluding carboxylic acids is 4. The van der Waals surface area contributed by atoms with E-state index in [0.717, 1.165) is 34.8 Å². The topological polar surface area (TPSA) is 149 Å². The van der Waals surface area contributed by atoms with E-state index in [-0.39, 0.29) is 38.2 Å². The maximum absolute atomic E-state index is 14.9. The number of rotatable bonds is 12. The molecule has 7 rings (SSSR count). The Morgan fingerprint density at radius 3 is 2.25 bits per heavy atom. The fraction of sp³-hybridized carbons (Fsp3) is 0.380. The molecule has 13 nitrogen and oxygen atoms in total. The average Bonchev–Trinajstić information content (AvgIpc) is 3.65. The number of aromatic nitrogens is 2. The van der Waals surface area contributed by atoms with E-state index in [0.29, 0.717) is 46.3 Å². The second-order valence-electron chi connectivity index (χ2n) is 17.9. The Bertz CT molecular complexity index is 2610. The first kappa shape index (κ1) is 50.0. The molecule has 2 aliphatic heterocycles. The van der Waals surface area contributed by atoms with Crippen LogP contribution in [0.15, 0.2) is 97.2 Å². The number of benzene rings is 4. The Hall–Kier alpha value is -5.94. The van der Waals surface area contributed by atoms with Crippen LogP contribution in [0.4, 0.5) is 13.2 Å². The fourth-order valence-corrected chi connectivity index (χ4v) is 9.16. The first-order chi connectivity index (χ1) is 32.3. The first-order valence-electron chi connectivity index (χ1n) is 22.3. The number of alkyl halides is 3. The lowest BCUT2D eigenvalue weighted by Crippen LogP contribution is -2.65. The Morgan fingerprint density at radius 1 is 0.912 bits per heavy atom. The van der Waals surface area contributed by atoms with Gasteiger partial charge in [-0.2, -0.15) is 13.2 Å². The van der Waals surface area contributed by atoms with Gasteiger partial charge < -0.3 is 39.7 Å². The van der Waals surface area contributed by atoms with Gasteiger partial charge in [0.2, 0.25) is 23.6 Å². The molecule has 4 aromatic carbocycles. The number of nitrogens with zero attached hydrogens (tertiary/aromatic N) is 5. The number of carbonyl (C=O) groups is 4. The van der Waals surface area contributed by atoms with E-state index in [4.69, 9.17) is 27.9 Å². The van der Waals surface area contributed by atoms with Crippen molar-refractivity contribution in [2.75, 3.05) is 33.8 Å². The molecule has 4 atom stereocenters. The molecule has 0 unspecified atom stereocenters. The number of piperidine rings is 1. The fourth-order valence-electron chi connectivity index (χ4n) is 8.87. The molecule has 0 spiro atoms. The highest BCUT2D eigenvalue weighted by Crippen LogP contribution is 2.35. The molecule has 2 bridgehead atoms. The van der Waals surface area contributed by atoms with Crippen LogP contribution in [0.5, 0.6) is 11.5 Å². The summed E-state index contributed by atoms with van der Waals surface area (Å²) in [5.74, 6) is -2.01. The van der Waals surface area contributed by atoms with E-state index >= 15 is 0 Å². The van der Waals surface area contributed by atoms with Crippen molar-refractivity contribution in [3.8, 4) is 22.8 Å². The maximum atomic E-state index is 14.9. The normalized spacial score (nSPS) is 20.8. The van der Waals surface area contributed by atoms with Crippen molar-refractivity contribution in [1.29, 1.82) is 0 Å². The van der Waals surface area contributed by atoms with Crippen LogP contribution in [0.3, 0.4) is 0 Å². The van der Waals surface area contributed by atoms with Gasteiger partial charge in [-0.15, -0.1) is 0 Å². The lowest BCUT2D eigenvalue weighted by atomic mass is 9.81. The molecule has 2 fully saturated rings. The molecule has 0 saturated carbocycles. The van der Waals surface area contributed by atoms with Crippen LogP contribution in [-0.2, 0) is 58.3 Å². The Kier molecular flexibility index (Phi) is 15.5. The van der Waals surface area contributed by atoms with E-state index in [2.05, 4.69) is 15.6 Å². The van der Waals surface area contributed by atoms with Crippen LogP contribution in [0.1, 0.15) is 54.3 Å². The monoisotopic (exact) mass is 975 g/mol. The van der Waals surface area contributed by atoms with Gasteiger partial charge in [0.1, 0.15) is 29.4 Å². The summed E-state index contributed by atoms with van der Waals surface area (Å²) in [5, 5.41) is 17.1. The van der Waals surface area contributed by atoms with E-state index in [1.165, 1.54) is 24.0 Å². The molecule has 68 heavy (non-hydrogen) atoms. The minimum Gasteiger partial charge on any atom is -0.457 e. The Balaban J connectivity index is 1.22. The summed E-state index contributed by atoms with van der Waals surface area (Å²) in [5.41, 5.74) is 1.50. The lowest BCUT2D eigenvalue weighted by molar-refractivity contribution is -0.147. The number of imidazole rings is 1. The van der Waals surface area contributed by atoms with Gasteiger partial charge >= 0.3 is 6.18 Å². The molecule has 0 radical (unpaired) electrons. The predicted octanol–water partition coefficient (Wildman–Crippen LogP) is 7.44. The standard InChI is InChI=1S/C50H54Cl2F3N7O6/c1-31-46(65)57-41(29-63)47(66)58-49(25-33-8-15-38(51)16-9-33)20-5-21-61(30-49)48(67)36(22-32-6-13-37(14-7-32)50(53,54)55)23-45(64)62(31)27-35-10-17-39(52)24-43(35)68-40-18-11-34(12-19-40)42-26-56-44(60(42)4)28-59(2)3/h6-19,24,26,31,36,41,63H,5,20-23,25,27-30H2,1-4H3,(H,57,65)(H,58,66)/t31-,36+,41-,49+/m0/s1. The van der Waals surface area contributed by atoms with Crippen LogP contribution in [0.25, 0.3) is 11.3 Å². The largest absolute Gasteiger partial charge is 0.457 e. The predicted molar refractivity (Wildman–Crippen MR) is 252 cm³/mol. The summed E-state index contributed by atoms with van der Waals surface area (Å²) in [6.07, 6.45) is -2.17. The molecule has 2 aliphatic rings. The van der Waals surface area contributed by atoms with E-state index < -0.39 is 71.9 Å². The molecule has 4 amide bonds. The number of aliphatic hydroxyl groups is 1. The van der Waals surface area contributed by atoms with E-state index in [1.54, 1.807) is 65.7 Å². The minimum atomic E-state index is -4.59. The quantitative estimate of drug-likeness (QED) is 0.117. The van der Waals surface area contributed by atoms with Gasteiger partial charge in [0, 0.05) is 47.7 Å². The van der Waals surface area contributed by atoms with Gasteiger partial charge in [0.15, 0.2) is 0 Å². The molecule has 2 saturated heterocycles. The number of hydrogen-bond donors (Lipinski definition) is 3. The van der Waals surface area contributed by atoms with Crippen molar-refractivity contribution < 1.29 is 42.2 Å². The zero-order valence-corrected chi connectivity index (χ0v) is 39.7. The van der Waals surface area contributed by atoms with Crippen LogP contribution < -0.4 is 15.4 Å². The number of aliphatic hydroxyl groups excluding tert-OH is 1. The van der Waals surface area contributed by atoms with Crippen molar-refractivity contribution >= 4 is 46.8 Å². The van der Waals surface area contributed by atoms with Gasteiger partial charge in [0.05, 0.1) is 48.6 Å². The molecule has 360 valence electrons. The molecular formula is C50H54Cl2F3N7O6. The van der Waals surface area contributed by atoms with Crippen LogP contribution in [0, 0.1) is 5.92 Å². The summed E-state index contributed by atoms with van der Waals surface area (Å²) < 4.78 is 49.2. The third-order valence-corrected chi connectivity index (χ3v) is 13.0. The Morgan fingerprint density at radius 2 is 1.59 bits per heavy atom. The van der Waals surface area contributed by atoms with E-state index in [1.807, 2.05) is 42.7 Å². The zero-order valence-electron chi connectivity index (χ0n) is 38.2. The minimum absolute atomic E-state index is 0.0101. The average molecular weight is 977 g/mol. The number of amides is 4. The second-order valence-corrected chi connectivity index (χ2v) is 18.8. The van der Waals surface area contributed by atoms with Crippen LogP contribution in [-0.4, -0.2) is 104 Å². The molecule has 3 N–H and O–H groups in total. The van der Waals surface area contributed by atoms with Crippen molar-refractivity contribution in [1.82, 2.24) is 34.9 Å². The molecule has 3 heterocycles. The van der Waals surface area contributed by atoms with Gasteiger partial charge in [-0.3, -0.25) is 19.2 Å². The molecule has 18 heteroatoms. The SMILES string of the molecule is C[C@H]1C(=O)N[C@@H](CO)C(=O)N[C@@]2(Cc3ccc(Cl)cc3)CCCN(C2)C(=O)[C@H](Cc2ccc(C(F)(F)F)cc2)CC(=O)N1Cc1ccc(Cl)cc1Oc1ccc(-c2cnc(CN(C)C)n2C)cc1. The van der Waals surface area contributed by atoms with Crippen molar-refractivity contribution in [3.63, 3.8) is 0 Å². The zero-order chi connectivity index (χ0) is 48.9. The van der Waals surface area contributed by atoms with Crippen molar-refractivity contribution in [3.05, 3.63) is 135 Å². The van der Waals surface area contributed by atoms with Crippen LogP contribution >= 0.6 is 23.2 Å². The summed E-state index contributed by atoms with van der Waals surface area (Å²) in [6, 6.07) is 21.0. The third kappa shape index (κ3) is 12.0. The second kappa shape index (κ2) is 21.1. The third-order valence-electron chi connectivity index (χ3n) is 12.5.